The third kappa shape index (κ3) is 5.65. The van der Waals surface area contributed by atoms with Crippen molar-refractivity contribution in [1.29, 1.82) is 0 Å². The minimum absolute atomic E-state index is 0.376. The predicted octanol–water partition coefficient (Wildman–Crippen LogP) is 3.25. The van der Waals surface area contributed by atoms with E-state index in [0.717, 1.165) is 42.8 Å². The van der Waals surface area contributed by atoms with E-state index in [1.807, 2.05) is 24.3 Å². The molecule has 0 aliphatic heterocycles. The van der Waals surface area contributed by atoms with Crippen LogP contribution in [0, 0.1) is 0 Å². The van der Waals surface area contributed by atoms with Gasteiger partial charge in [-0.1, -0.05) is 6.42 Å². The van der Waals surface area contributed by atoms with Gasteiger partial charge in [-0.2, -0.15) is 0 Å². The number of hydrogen-bond acceptors (Lipinski definition) is 5. The number of benzene rings is 1. The van der Waals surface area contributed by atoms with Crippen molar-refractivity contribution in [3.05, 3.63) is 36.9 Å². The molecule has 0 saturated carbocycles. The zero-order chi connectivity index (χ0) is 17.4. The number of oxazole rings is 1. The normalized spacial score (nSPS) is 11.8. The topological polar surface area (TPSA) is 84.2 Å². The Labute approximate surface area is 143 Å². The molecule has 1 aromatic heterocycles. The van der Waals surface area contributed by atoms with Crippen molar-refractivity contribution in [3.8, 4) is 11.3 Å². The van der Waals surface area contributed by atoms with Crippen LogP contribution in [-0.4, -0.2) is 31.7 Å². The summed E-state index contributed by atoms with van der Waals surface area (Å²) >= 11 is 0. The smallest absolute Gasteiger partial charge is 0.213 e. The Morgan fingerprint density at radius 1 is 1.08 bits per heavy atom. The summed E-state index contributed by atoms with van der Waals surface area (Å²) in [5, 5.41) is 2.98. The highest BCUT2D eigenvalue weighted by atomic mass is 32.2. The molecule has 0 amide bonds. The zero-order valence-corrected chi connectivity index (χ0v) is 15.0. The molecule has 0 saturated heterocycles. The summed E-state index contributed by atoms with van der Waals surface area (Å²) in [4.78, 5) is 3.91. The Morgan fingerprint density at radius 3 is 2.42 bits per heavy atom. The Kier molecular flexibility index (Phi) is 6.81. The van der Waals surface area contributed by atoms with Gasteiger partial charge in [0.25, 0.3) is 0 Å². The van der Waals surface area contributed by atoms with Gasteiger partial charge in [0, 0.05) is 24.3 Å². The molecule has 2 rings (SSSR count). The summed E-state index contributed by atoms with van der Waals surface area (Å²) in [7, 11) is -3.13. The number of unbranched alkanes of at least 4 members (excludes halogenated alkanes) is 2. The highest BCUT2D eigenvalue weighted by Crippen LogP contribution is 2.20. The lowest BCUT2D eigenvalue weighted by molar-refractivity contribution is 0.566. The summed E-state index contributed by atoms with van der Waals surface area (Å²) in [5.41, 5.74) is 2.05. The summed E-state index contributed by atoms with van der Waals surface area (Å²) in [6.45, 7) is 4.73. The summed E-state index contributed by atoms with van der Waals surface area (Å²) < 4.78 is 31.0. The van der Waals surface area contributed by atoms with Crippen LogP contribution >= 0.6 is 0 Å². The Bertz CT molecular complexity index is 695. The van der Waals surface area contributed by atoms with Crippen molar-refractivity contribution in [3.63, 3.8) is 0 Å². The summed E-state index contributed by atoms with van der Waals surface area (Å²) in [6.07, 6.45) is 5.92. The Hall–Kier alpha value is -1.86. The number of anilines is 1. The minimum Gasteiger partial charge on any atom is -0.444 e. The molecule has 0 unspecified atom stereocenters. The maximum absolute atomic E-state index is 11.6. The first kappa shape index (κ1) is 18.5. The predicted molar refractivity (Wildman–Crippen MR) is 96.3 cm³/mol. The fourth-order valence-electron chi connectivity index (χ4n) is 2.15. The Morgan fingerprint density at radius 2 is 1.79 bits per heavy atom. The molecule has 0 aliphatic rings. The molecular formula is C17H25N3O3S. The van der Waals surface area contributed by atoms with E-state index in [-0.39, 0.29) is 5.25 Å². The first-order valence-electron chi connectivity index (χ1n) is 8.20. The van der Waals surface area contributed by atoms with Gasteiger partial charge in [-0.15, -0.1) is 0 Å². The third-order valence-electron chi connectivity index (χ3n) is 3.71. The molecule has 2 aromatic rings. The van der Waals surface area contributed by atoms with Gasteiger partial charge in [-0.3, -0.25) is 0 Å². The average Bonchev–Trinajstić information content (AvgIpc) is 3.09. The lowest BCUT2D eigenvalue weighted by Crippen LogP contribution is -2.31. The highest BCUT2D eigenvalue weighted by Gasteiger charge is 2.13. The van der Waals surface area contributed by atoms with Gasteiger partial charge in [0.15, 0.2) is 12.2 Å². The lowest BCUT2D eigenvalue weighted by Gasteiger charge is -2.09. The molecule has 0 radical (unpaired) electrons. The van der Waals surface area contributed by atoms with Gasteiger partial charge in [0.1, 0.15) is 0 Å². The summed E-state index contributed by atoms with van der Waals surface area (Å²) in [5.74, 6) is 0.755. The molecule has 24 heavy (non-hydrogen) atoms. The number of sulfonamides is 1. The largest absolute Gasteiger partial charge is 0.444 e. The van der Waals surface area contributed by atoms with Gasteiger partial charge in [-0.25, -0.2) is 18.1 Å². The van der Waals surface area contributed by atoms with Crippen LogP contribution in [0.3, 0.4) is 0 Å². The van der Waals surface area contributed by atoms with E-state index in [2.05, 4.69) is 15.0 Å². The van der Waals surface area contributed by atoms with Crippen LogP contribution < -0.4 is 10.0 Å². The molecule has 0 fully saturated rings. The van der Waals surface area contributed by atoms with E-state index in [9.17, 15) is 8.42 Å². The van der Waals surface area contributed by atoms with Crippen LogP contribution in [-0.2, 0) is 10.0 Å². The average molecular weight is 351 g/mol. The molecule has 0 bridgehead atoms. The minimum atomic E-state index is -3.13. The Balaban J connectivity index is 1.61. The van der Waals surface area contributed by atoms with Crippen LogP contribution in [0.25, 0.3) is 11.3 Å². The number of nitrogens with zero attached hydrogens (tertiary/aromatic N) is 1. The van der Waals surface area contributed by atoms with Crippen molar-refractivity contribution >= 4 is 15.7 Å². The molecule has 2 N–H and O–H groups in total. The van der Waals surface area contributed by atoms with E-state index in [4.69, 9.17) is 4.42 Å². The van der Waals surface area contributed by atoms with Gasteiger partial charge in [-0.05, 0) is 51.0 Å². The van der Waals surface area contributed by atoms with Gasteiger partial charge in [0.2, 0.25) is 10.0 Å². The first-order valence-corrected chi connectivity index (χ1v) is 9.75. The molecule has 0 spiro atoms. The molecule has 0 atom stereocenters. The highest BCUT2D eigenvalue weighted by molar-refractivity contribution is 7.90. The second-order valence-corrected chi connectivity index (χ2v) is 8.24. The fraction of sp³-hybridized carbons (Fsp3) is 0.471. The maximum atomic E-state index is 11.6. The monoisotopic (exact) mass is 351 g/mol. The van der Waals surface area contributed by atoms with E-state index >= 15 is 0 Å². The van der Waals surface area contributed by atoms with Crippen molar-refractivity contribution in [2.75, 3.05) is 18.4 Å². The van der Waals surface area contributed by atoms with Crippen molar-refractivity contribution < 1.29 is 12.8 Å². The molecule has 7 heteroatoms. The van der Waals surface area contributed by atoms with Crippen molar-refractivity contribution in [2.45, 2.75) is 38.4 Å². The van der Waals surface area contributed by atoms with Crippen LogP contribution in [0.15, 0.2) is 41.3 Å². The number of hydrogen-bond donors (Lipinski definition) is 2. The SMILES string of the molecule is CC(C)S(=O)(=O)NCCCCCNc1ccc(-c2cnco2)cc1. The van der Waals surface area contributed by atoms with Crippen LogP contribution in [0.1, 0.15) is 33.1 Å². The quantitative estimate of drug-likeness (QED) is 0.642. The van der Waals surface area contributed by atoms with Gasteiger partial charge >= 0.3 is 0 Å². The van der Waals surface area contributed by atoms with Crippen molar-refractivity contribution in [2.24, 2.45) is 0 Å². The molecule has 1 aromatic carbocycles. The van der Waals surface area contributed by atoms with E-state index in [1.165, 1.54) is 6.39 Å². The number of nitrogens with one attached hydrogen (secondary N) is 2. The van der Waals surface area contributed by atoms with E-state index < -0.39 is 10.0 Å². The van der Waals surface area contributed by atoms with Crippen LogP contribution in [0.4, 0.5) is 5.69 Å². The number of aromatic nitrogens is 1. The number of rotatable bonds is 10. The maximum Gasteiger partial charge on any atom is 0.213 e. The van der Waals surface area contributed by atoms with Crippen molar-refractivity contribution in [1.82, 2.24) is 9.71 Å². The van der Waals surface area contributed by atoms with Gasteiger partial charge < -0.3 is 9.73 Å². The second-order valence-electron chi connectivity index (χ2n) is 5.92. The third-order valence-corrected chi connectivity index (χ3v) is 5.56. The van der Waals surface area contributed by atoms with Gasteiger partial charge in [0.05, 0.1) is 11.4 Å². The van der Waals surface area contributed by atoms with E-state index in [0.29, 0.717) is 6.54 Å². The summed E-state index contributed by atoms with van der Waals surface area (Å²) in [6, 6.07) is 8.00. The standard InChI is InChI=1S/C17H25N3O3S/c1-14(2)24(21,22)20-11-5-3-4-10-19-16-8-6-15(7-9-16)17-12-18-13-23-17/h6-9,12-14,19-20H,3-5,10-11H2,1-2H3. The van der Waals surface area contributed by atoms with Crippen LogP contribution in [0.2, 0.25) is 0 Å². The second kappa shape index (κ2) is 8.84. The fourth-order valence-corrected chi connectivity index (χ4v) is 2.91. The van der Waals surface area contributed by atoms with Crippen LogP contribution in [0.5, 0.6) is 0 Å². The molecular weight excluding hydrogens is 326 g/mol. The first-order chi connectivity index (χ1) is 11.5. The molecule has 1 heterocycles. The zero-order valence-electron chi connectivity index (χ0n) is 14.2. The lowest BCUT2D eigenvalue weighted by atomic mass is 10.1. The molecule has 132 valence electrons. The molecule has 0 aliphatic carbocycles. The van der Waals surface area contributed by atoms with E-state index in [1.54, 1.807) is 20.0 Å². The molecule has 6 nitrogen and oxygen atoms in total.